The van der Waals surface area contributed by atoms with Gasteiger partial charge >= 0.3 is 11.9 Å². The van der Waals surface area contributed by atoms with E-state index in [9.17, 15) is 4.79 Å². The first-order valence-corrected chi connectivity index (χ1v) is 5.79. The van der Waals surface area contributed by atoms with Crippen LogP contribution in [0.5, 0.6) is 0 Å². The van der Waals surface area contributed by atoms with Crippen molar-refractivity contribution in [1.29, 1.82) is 0 Å². The molecule has 0 saturated carbocycles. The second-order valence-electron chi connectivity index (χ2n) is 4.21. The van der Waals surface area contributed by atoms with E-state index in [0.717, 1.165) is 10.9 Å². The van der Waals surface area contributed by atoms with E-state index < -0.39 is 11.9 Å². The summed E-state index contributed by atoms with van der Waals surface area (Å²) in [4.78, 5) is 10.7. The van der Waals surface area contributed by atoms with Gasteiger partial charge in [0.2, 0.25) is 5.89 Å². The maximum Gasteiger partial charge on any atom is 0.393 e. The van der Waals surface area contributed by atoms with E-state index in [-0.39, 0.29) is 11.9 Å². The van der Waals surface area contributed by atoms with E-state index in [1.807, 2.05) is 48.0 Å². The molecule has 1 N–H and O–H groups in total. The molecule has 0 fully saturated rings. The third kappa shape index (κ3) is 1.87. The highest BCUT2D eigenvalue weighted by molar-refractivity contribution is 5.82. The van der Waals surface area contributed by atoms with E-state index in [1.54, 1.807) is 0 Å². The number of para-hydroxylation sites is 1. The number of rotatable bonds is 3. The quantitative estimate of drug-likeness (QED) is 0.778. The highest BCUT2D eigenvalue weighted by Crippen LogP contribution is 2.23. The Labute approximate surface area is 108 Å². The number of nitrogens with zero attached hydrogens (tertiary/aromatic N) is 3. The fourth-order valence-corrected chi connectivity index (χ4v) is 2.05. The van der Waals surface area contributed by atoms with E-state index >= 15 is 0 Å². The Kier molecular flexibility index (Phi) is 2.56. The second kappa shape index (κ2) is 4.24. The van der Waals surface area contributed by atoms with E-state index in [1.165, 1.54) is 0 Å². The molecule has 2 heterocycles. The molecule has 6 nitrogen and oxygen atoms in total. The zero-order valence-electron chi connectivity index (χ0n) is 10.1. The molecule has 96 valence electrons. The third-order valence-corrected chi connectivity index (χ3v) is 3.03. The summed E-state index contributed by atoms with van der Waals surface area (Å²) in [5, 5.41) is 17.2. The average Bonchev–Trinajstić information content (AvgIpc) is 3.05. The van der Waals surface area contributed by atoms with Crippen LogP contribution in [0.3, 0.4) is 0 Å². The predicted octanol–water partition coefficient (Wildman–Crippen LogP) is 2.33. The molecule has 6 heteroatoms. The maximum atomic E-state index is 10.7. The lowest BCUT2D eigenvalue weighted by molar-refractivity contribution is 0.0650. The number of hydrogen-bond acceptors (Lipinski definition) is 4. The molecular weight excluding hydrogens is 246 g/mol. The smallest absolute Gasteiger partial charge is 0.393 e. The van der Waals surface area contributed by atoms with E-state index in [2.05, 4.69) is 10.2 Å². The van der Waals surface area contributed by atoms with Crippen molar-refractivity contribution >= 4 is 16.9 Å². The molecule has 1 unspecified atom stereocenters. The lowest BCUT2D eigenvalue weighted by Crippen LogP contribution is -2.05. The van der Waals surface area contributed by atoms with Crippen molar-refractivity contribution < 1.29 is 14.3 Å². The van der Waals surface area contributed by atoms with Gasteiger partial charge in [-0.15, -0.1) is 10.2 Å². The normalized spacial score (nSPS) is 12.7. The molecule has 1 atom stereocenters. The summed E-state index contributed by atoms with van der Waals surface area (Å²) in [6, 6.07) is 9.67. The summed E-state index contributed by atoms with van der Waals surface area (Å²) in [6.07, 6.45) is 1.92. The molecule has 0 aliphatic heterocycles. The molecule has 0 saturated heterocycles. The number of aromatic nitrogens is 3. The lowest BCUT2D eigenvalue weighted by Gasteiger charge is -2.10. The molecule has 1 aromatic carbocycles. The summed E-state index contributed by atoms with van der Waals surface area (Å²) in [5.74, 6) is -1.33. The number of hydrogen-bond donors (Lipinski definition) is 1. The molecule has 2 aromatic heterocycles. The van der Waals surface area contributed by atoms with Crippen LogP contribution in [0.2, 0.25) is 0 Å². The van der Waals surface area contributed by atoms with E-state index in [0.29, 0.717) is 0 Å². The zero-order valence-corrected chi connectivity index (χ0v) is 10.1. The Morgan fingerprint density at radius 3 is 2.84 bits per heavy atom. The Hall–Kier alpha value is -2.63. The number of carbonyl (C=O) groups is 1. The van der Waals surface area contributed by atoms with Crippen LogP contribution in [0, 0.1) is 0 Å². The van der Waals surface area contributed by atoms with Gasteiger partial charge in [0.15, 0.2) is 0 Å². The van der Waals surface area contributed by atoms with Crippen LogP contribution in [-0.2, 0) is 0 Å². The number of benzene rings is 1. The highest BCUT2D eigenvalue weighted by atomic mass is 16.4. The van der Waals surface area contributed by atoms with Gasteiger partial charge in [-0.05, 0) is 24.4 Å². The first kappa shape index (κ1) is 11.5. The predicted molar refractivity (Wildman–Crippen MR) is 67.0 cm³/mol. The molecule has 0 amide bonds. The van der Waals surface area contributed by atoms with Crippen LogP contribution in [-0.4, -0.2) is 25.8 Å². The van der Waals surface area contributed by atoms with Gasteiger partial charge in [0.25, 0.3) is 0 Å². The van der Waals surface area contributed by atoms with Crippen molar-refractivity contribution in [3.8, 4) is 0 Å². The van der Waals surface area contributed by atoms with Gasteiger partial charge in [-0.2, -0.15) is 0 Å². The summed E-state index contributed by atoms with van der Waals surface area (Å²) < 4.78 is 7.10. The largest absolute Gasteiger partial charge is 0.474 e. The van der Waals surface area contributed by atoms with Crippen molar-refractivity contribution in [3.63, 3.8) is 0 Å². The SMILES string of the molecule is CC(c1nnc(C(=O)O)o1)n1ccc2ccccc21. The van der Waals surface area contributed by atoms with Crippen LogP contribution in [0.25, 0.3) is 10.9 Å². The molecule has 3 rings (SSSR count). The van der Waals surface area contributed by atoms with Crippen molar-refractivity contribution in [3.05, 3.63) is 48.3 Å². The molecular formula is C13H11N3O3. The molecule has 0 aliphatic rings. The number of carboxylic acids is 1. The van der Waals surface area contributed by atoms with E-state index in [4.69, 9.17) is 9.52 Å². The van der Waals surface area contributed by atoms with Gasteiger partial charge < -0.3 is 14.1 Å². The Morgan fingerprint density at radius 2 is 2.11 bits per heavy atom. The van der Waals surface area contributed by atoms with Gasteiger partial charge in [-0.3, -0.25) is 0 Å². The third-order valence-electron chi connectivity index (χ3n) is 3.03. The Bertz CT molecular complexity index is 744. The zero-order chi connectivity index (χ0) is 13.4. The van der Waals surface area contributed by atoms with Gasteiger partial charge in [0.05, 0.1) is 0 Å². The minimum Gasteiger partial charge on any atom is -0.474 e. The van der Waals surface area contributed by atoms with Crippen molar-refractivity contribution in [2.45, 2.75) is 13.0 Å². The van der Waals surface area contributed by atoms with Crippen LogP contribution in [0.15, 0.2) is 40.9 Å². The summed E-state index contributed by atoms with van der Waals surface area (Å²) in [5.41, 5.74) is 1.03. The van der Waals surface area contributed by atoms with Crippen LogP contribution < -0.4 is 0 Å². The molecule has 3 aromatic rings. The standard InChI is InChI=1S/C13H11N3O3/c1-8(11-14-15-12(19-11)13(17)18)16-7-6-9-4-2-3-5-10(9)16/h2-8H,1H3,(H,17,18). The number of carboxylic acid groups (broad SMARTS) is 1. The molecule has 0 bridgehead atoms. The molecule has 19 heavy (non-hydrogen) atoms. The fraction of sp³-hybridized carbons (Fsp3) is 0.154. The first-order valence-electron chi connectivity index (χ1n) is 5.79. The Morgan fingerprint density at radius 1 is 1.32 bits per heavy atom. The number of fused-ring (bicyclic) bond motifs is 1. The van der Waals surface area contributed by atoms with Crippen molar-refractivity contribution in [2.75, 3.05) is 0 Å². The van der Waals surface area contributed by atoms with Gasteiger partial charge in [0.1, 0.15) is 6.04 Å². The second-order valence-corrected chi connectivity index (χ2v) is 4.21. The van der Waals surface area contributed by atoms with Crippen molar-refractivity contribution in [2.24, 2.45) is 0 Å². The van der Waals surface area contributed by atoms with Gasteiger partial charge in [0, 0.05) is 11.7 Å². The molecule has 0 aliphatic carbocycles. The minimum atomic E-state index is -1.22. The topological polar surface area (TPSA) is 81.2 Å². The summed E-state index contributed by atoms with van der Waals surface area (Å²) >= 11 is 0. The monoisotopic (exact) mass is 257 g/mol. The fourth-order valence-electron chi connectivity index (χ4n) is 2.05. The average molecular weight is 257 g/mol. The highest BCUT2D eigenvalue weighted by Gasteiger charge is 2.19. The van der Waals surface area contributed by atoms with Crippen molar-refractivity contribution in [1.82, 2.24) is 14.8 Å². The van der Waals surface area contributed by atoms with Gasteiger partial charge in [-0.1, -0.05) is 18.2 Å². The summed E-state index contributed by atoms with van der Waals surface area (Å²) in [7, 11) is 0. The number of aromatic carboxylic acids is 1. The van der Waals surface area contributed by atoms with Crippen LogP contribution in [0.1, 0.15) is 29.5 Å². The Balaban J connectivity index is 2.03. The maximum absolute atomic E-state index is 10.7. The van der Waals surface area contributed by atoms with Crippen LogP contribution >= 0.6 is 0 Å². The summed E-state index contributed by atoms with van der Waals surface area (Å²) in [6.45, 7) is 1.88. The molecule has 0 spiro atoms. The van der Waals surface area contributed by atoms with Gasteiger partial charge in [-0.25, -0.2) is 4.79 Å². The first-order chi connectivity index (χ1) is 9.16. The molecule has 0 radical (unpaired) electrons. The van der Waals surface area contributed by atoms with Crippen LogP contribution in [0.4, 0.5) is 0 Å². The lowest BCUT2D eigenvalue weighted by atomic mass is 10.2. The minimum absolute atomic E-state index is 0.222.